The first-order chi connectivity index (χ1) is 13.6. The molecule has 1 amide bonds. The van der Waals surface area contributed by atoms with Gasteiger partial charge < -0.3 is 9.47 Å². The van der Waals surface area contributed by atoms with E-state index >= 15 is 0 Å². The van der Waals surface area contributed by atoms with Gasteiger partial charge in [-0.3, -0.25) is 4.79 Å². The van der Waals surface area contributed by atoms with E-state index in [1.807, 2.05) is 56.3 Å². The minimum absolute atomic E-state index is 0.0879. The fourth-order valence-electron chi connectivity index (χ4n) is 2.59. The van der Waals surface area contributed by atoms with Crippen LogP contribution in [0.2, 0.25) is 0 Å². The summed E-state index contributed by atoms with van der Waals surface area (Å²) in [4.78, 5) is 11.9. The van der Waals surface area contributed by atoms with Crippen molar-refractivity contribution in [2.75, 3.05) is 13.2 Å². The molecular formula is C23H30N2O3. The summed E-state index contributed by atoms with van der Waals surface area (Å²) in [5, 5.41) is 4.02. The molecule has 0 saturated carbocycles. The van der Waals surface area contributed by atoms with Gasteiger partial charge in [-0.05, 0) is 55.7 Å². The Kier molecular flexibility index (Phi) is 9.05. The van der Waals surface area contributed by atoms with Gasteiger partial charge >= 0.3 is 0 Å². The largest absolute Gasteiger partial charge is 0.493 e. The minimum atomic E-state index is -0.313. The first kappa shape index (κ1) is 21.5. The molecule has 0 radical (unpaired) electrons. The highest BCUT2D eigenvalue weighted by molar-refractivity contribution is 5.85. The molecule has 0 aliphatic heterocycles. The van der Waals surface area contributed by atoms with E-state index in [1.165, 1.54) is 24.8 Å². The van der Waals surface area contributed by atoms with Crippen LogP contribution in [-0.2, 0) is 4.79 Å². The van der Waals surface area contributed by atoms with Crippen LogP contribution in [0.3, 0.4) is 0 Å². The zero-order chi connectivity index (χ0) is 20.2. The summed E-state index contributed by atoms with van der Waals surface area (Å²) in [6.45, 7) is 6.83. The Labute approximate surface area is 167 Å². The number of carbonyl (C=O) groups excluding carboxylic acids is 1. The van der Waals surface area contributed by atoms with Gasteiger partial charge in [-0.2, -0.15) is 5.10 Å². The number of benzene rings is 2. The predicted octanol–water partition coefficient (Wildman–Crippen LogP) is 4.79. The summed E-state index contributed by atoms with van der Waals surface area (Å²) in [5.41, 5.74) is 5.63. The number of para-hydroxylation sites is 1. The van der Waals surface area contributed by atoms with E-state index in [-0.39, 0.29) is 12.5 Å². The van der Waals surface area contributed by atoms with E-state index in [0.717, 1.165) is 23.3 Å². The fourth-order valence-corrected chi connectivity index (χ4v) is 2.59. The Balaban J connectivity index is 1.79. The summed E-state index contributed by atoms with van der Waals surface area (Å²) in [6, 6.07) is 13.4. The molecule has 2 aromatic carbocycles. The minimum Gasteiger partial charge on any atom is -0.493 e. The highest BCUT2D eigenvalue weighted by Crippen LogP contribution is 2.17. The second-order valence-electron chi connectivity index (χ2n) is 6.77. The van der Waals surface area contributed by atoms with Crippen molar-refractivity contribution in [3.8, 4) is 11.5 Å². The number of hydrogen-bond acceptors (Lipinski definition) is 4. The van der Waals surface area contributed by atoms with Crippen molar-refractivity contribution in [2.45, 2.75) is 46.5 Å². The number of nitrogens with one attached hydrogen (secondary N) is 1. The highest BCUT2D eigenvalue weighted by Gasteiger charge is 2.04. The number of hydrogen-bond donors (Lipinski definition) is 1. The number of carbonyl (C=O) groups is 1. The smallest absolute Gasteiger partial charge is 0.277 e. The van der Waals surface area contributed by atoms with Crippen molar-refractivity contribution in [1.29, 1.82) is 0 Å². The summed E-state index contributed by atoms with van der Waals surface area (Å²) in [6.07, 6.45) is 6.23. The Morgan fingerprint density at radius 1 is 1.04 bits per heavy atom. The fraction of sp³-hybridized carbons (Fsp3) is 0.391. The van der Waals surface area contributed by atoms with Crippen molar-refractivity contribution in [3.63, 3.8) is 0 Å². The third-order valence-corrected chi connectivity index (χ3v) is 4.42. The molecule has 28 heavy (non-hydrogen) atoms. The second-order valence-corrected chi connectivity index (χ2v) is 6.77. The molecular weight excluding hydrogens is 352 g/mol. The molecule has 0 spiro atoms. The number of nitrogens with zero attached hydrogens (tertiary/aromatic N) is 1. The molecule has 0 atom stereocenters. The molecule has 1 N–H and O–H groups in total. The molecule has 0 fully saturated rings. The van der Waals surface area contributed by atoms with Gasteiger partial charge in [-0.1, -0.05) is 44.4 Å². The van der Waals surface area contributed by atoms with Crippen LogP contribution >= 0.6 is 0 Å². The van der Waals surface area contributed by atoms with E-state index < -0.39 is 0 Å². The Bertz CT molecular complexity index is 787. The maximum absolute atomic E-state index is 11.9. The van der Waals surface area contributed by atoms with Crippen LogP contribution in [0.15, 0.2) is 47.6 Å². The van der Waals surface area contributed by atoms with Crippen LogP contribution in [0.1, 0.15) is 49.3 Å². The lowest BCUT2D eigenvalue weighted by Gasteiger charge is -2.09. The van der Waals surface area contributed by atoms with Gasteiger partial charge in [0.2, 0.25) is 0 Å². The zero-order valence-electron chi connectivity index (χ0n) is 17.0. The van der Waals surface area contributed by atoms with E-state index in [1.54, 1.807) is 6.21 Å². The molecule has 0 aliphatic carbocycles. The van der Waals surface area contributed by atoms with E-state index in [0.29, 0.717) is 12.4 Å². The number of ether oxygens (including phenoxy) is 2. The first-order valence-corrected chi connectivity index (χ1v) is 9.84. The summed E-state index contributed by atoms with van der Waals surface area (Å²) in [7, 11) is 0. The SMILES string of the molecule is CCCCCCOc1ccccc1/C=N/NC(=O)COc1ccc(C)c(C)c1. The molecule has 2 rings (SSSR count). The predicted molar refractivity (Wildman–Crippen MR) is 113 cm³/mol. The quantitative estimate of drug-likeness (QED) is 0.345. The van der Waals surface area contributed by atoms with Crippen LogP contribution < -0.4 is 14.9 Å². The van der Waals surface area contributed by atoms with Crippen LogP contribution in [0.25, 0.3) is 0 Å². The van der Waals surface area contributed by atoms with E-state index in [2.05, 4.69) is 17.5 Å². The number of amides is 1. The molecule has 0 aliphatic rings. The normalized spacial score (nSPS) is 10.8. The molecule has 0 saturated heterocycles. The Morgan fingerprint density at radius 3 is 2.64 bits per heavy atom. The van der Waals surface area contributed by atoms with Gasteiger partial charge in [0, 0.05) is 5.56 Å². The first-order valence-electron chi connectivity index (χ1n) is 9.84. The third kappa shape index (κ3) is 7.43. The van der Waals surface area contributed by atoms with Crippen molar-refractivity contribution < 1.29 is 14.3 Å². The standard InChI is InChI=1S/C23H30N2O3/c1-4-5-6-9-14-27-22-11-8-7-10-20(22)16-24-25-23(26)17-28-21-13-12-18(2)19(3)15-21/h7-8,10-13,15-16H,4-6,9,14,17H2,1-3H3,(H,25,26)/b24-16+. The average molecular weight is 383 g/mol. The molecule has 0 bridgehead atoms. The monoisotopic (exact) mass is 382 g/mol. The summed E-state index contributed by atoms with van der Waals surface area (Å²) < 4.78 is 11.3. The zero-order valence-corrected chi connectivity index (χ0v) is 17.0. The Morgan fingerprint density at radius 2 is 1.86 bits per heavy atom. The third-order valence-electron chi connectivity index (χ3n) is 4.42. The maximum atomic E-state index is 11.9. The highest BCUT2D eigenvalue weighted by atomic mass is 16.5. The lowest BCUT2D eigenvalue weighted by atomic mass is 10.1. The van der Waals surface area contributed by atoms with Crippen molar-refractivity contribution in [2.24, 2.45) is 5.10 Å². The number of aryl methyl sites for hydroxylation is 2. The van der Waals surface area contributed by atoms with Crippen molar-refractivity contribution in [1.82, 2.24) is 5.43 Å². The van der Waals surface area contributed by atoms with Crippen molar-refractivity contribution >= 4 is 12.1 Å². The number of rotatable bonds is 11. The average Bonchev–Trinajstić information content (AvgIpc) is 2.70. The van der Waals surface area contributed by atoms with Gasteiger partial charge in [-0.25, -0.2) is 5.43 Å². The second kappa shape index (κ2) is 11.8. The van der Waals surface area contributed by atoms with Gasteiger partial charge in [0.05, 0.1) is 12.8 Å². The van der Waals surface area contributed by atoms with E-state index in [9.17, 15) is 4.79 Å². The topological polar surface area (TPSA) is 59.9 Å². The summed E-state index contributed by atoms with van der Waals surface area (Å²) >= 11 is 0. The van der Waals surface area contributed by atoms with Gasteiger partial charge in [-0.15, -0.1) is 0 Å². The summed E-state index contributed by atoms with van der Waals surface area (Å²) in [5.74, 6) is 1.12. The number of unbranched alkanes of at least 4 members (excludes halogenated alkanes) is 3. The van der Waals surface area contributed by atoms with Crippen LogP contribution in [-0.4, -0.2) is 25.3 Å². The molecule has 5 heteroatoms. The molecule has 5 nitrogen and oxygen atoms in total. The molecule has 150 valence electrons. The molecule has 2 aromatic rings. The lowest BCUT2D eigenvalue weighted by molar-refractivity contribution is -0.123. The number of hydrazone groups is 1. The molecule has 0 heterocycles. The lowest BCUT2D eigenvalue weighted by Crippen LogP contribution is -2.24. The maximum Gasteiger partial charge on any atom is 0.277 e. The molecule has 0 unspecified atom stereocenters. The van der Waals surface area contributed by atoms with Gasteiger partial charge in [0.15, 0.2) is 6.61 Å². The van der Waals surface area contributed by atoms with Gasteiger partial charge in [0.1, 0.15) is 11.5 Å². The van der Waals surface area contributed by atoms with Crippen LogP contribution in [0.5, 0.6) is 11.5 Å². The van der Waals surface area contributed by atoms with Gasteiger partial charge in [0.25, 0.3) is 5.91 Å². The Hall–Kier alpha value is -2.82. The van der Waals surface area contributed by atoms with E-state index in [4.69, 9.17) is 9.47 Å². The molecule has 0 aromatic heterocycles. The van der Waals surface area contributed by atoms with Crippen molar-refractivity contribution in [3.05, 3.63) is 59.2 Å². The van der Waals surface area contributed by atoms with Crippen LogP contribution in [0, 0.1) is 13.8 Å². The van der Waals surface area contributed by atoms with Crippen LogP contribution in [0.4, 0.5) is 0 Å².